The molecule has 20 heavy (non-hydrogen) atoms. The van der Waals surface area contributed by atoms with E-state index >= 15 is 0 Å². The molecule has 0 fully saturated rings. The van der Waals surface area contributed by atoms with E-state index in [4.69, 9.17) is 11.6 Å². The molecule has 0 heterocycles. The molecule has 0 radical (unpaired) electrons. The Labute approximate surface area is 125 Å². The summed E-state index contributed by atoms with van der Waals surface area (Å²) >= 11 is 8.34. The predicted octanol–water partition coefficient (Wildman–Crippen LogP) is 3.74. The molecule has 1 rings (SSSR count). The number of amides is 3. The van der Waals surface area contributed by atoms with Crippen molar-refractivity contribution in [1.82, 2.24) is 5.32 Å². The average molecular weight is 374 g/mol. The van der Waals surface area contributed by atoms with Gasteiger partial charge >= 0.3 is 12.2 Å². The zero-order valence-electron chi connectivity index (χ0n) is 10.0. The van der Waals surface area contributed by atoms with E-state index in [1.165, 1.54) is 13.0 Å². The number of halogens is 5. The van der Waals surface area contributed by atoms with Crippen LogP contribution in [0.3, 0.4) is 0 Å². The van der Waals surface area contributed by atoms with Gasteiger partial charge in [-0.25, -0.2) is 4.79 Å². The molecule has 4 nitrogen and oxygen atoms in total. The van der Waals surface area contributed by atoms with E-state index in [1.54, 1.807) is 0 Å². The highest BCUT2D eigenvalue weighted by Gasteiger charge is 2.34. The second-order valence-corrected chi connectivity index (χ2v) is 5.32. The molecule has 1 unspecified atom stereocenters. The van der Waals surface area contributed by atoms with E-state index < -0.39 is 34.7 Å². The topological polar surface area (TPSA) is 58.2 Å². The van der Waals surface area contributed by atoms with Gasteiger partial charge in [0.2, 0.25) is 5.91 Å². The number of carbonyl (C=O) groups excluding carboxylic acids is 2. The lowest BCUT2D eigenvalue weighted by atomic mass is 10.1. The van der Waals surface area contributed by atoms with E-state index in [0.29, 0.717) is 0 Å². The normalized spacial score (nSPS) is 12.7. The van der Waals surface area contributed by atoms with Gasteiger partial charge in [0.15, 0.2) is 0 Å². The fraction of sp³-hybridized carbons (Fsp3) is 0.273. The number of hydrogen-bond donors (Lipinski definition) is 2. The molecular weight excluding hydrogens is 364 g/mol. The predicted molar refractivity (Wildman–Crippen MR) is 71.6 cm³/mol. The van der Waals surface area contributed by atoms with Crippen LogP contribution in [0.1, 0.15) is 12.5 Å². The first-order valence-corrected chi connectivity index (χ1v) is 6.47. The smallest absolute Gasteiger partial charge is 0.307 e. The number of nitrogens with one attached hydrogen (secondary N) is 2. The van der Waals surface area contributed by atoms with Gasteiger partial charge in [-0.2, -0.15) is 13.2 Å². The molecule has 1 atom stereocenters. The Morgan fingerprint density at radius 3 is 2.45 bits per heavy atom. The van der Waals surface area contributed by atoms with Crippen LogP contribution >= 0.6 is 27.5 Å². The highest BCUT2D eigenvalue weighted by molar-refractivity contribution is 9.10. The van der Waals surface area contributed by atoms with Crippen molar-refractivity contribution in [3.63, 3.8) is 0 Å². The largest absolute Gasteiger partial charge is 0.418 e. The molecule has 3 amide bonds. The Kier molecular flexibility index (Phi) is 5.41. The van der Waals surface area contributed by atoms with Crippen molar-refractivity contribution in [3.05, 3.63) is 28.2 Å². The number of urea groups is 1. The average Bonchev–Trinajstić information content (AvgIpc) is 2.29. The van der Waals surface area contributed by atoms with Crippen molar-refractivity contribution in [3.8, 4) is 0 Å². The lowest BCUT2D eigenvalue weighted by Gasteiger charge is -2.14. The fourth-order valence-corrected chi connectivity index (χ4v) is 1.64. The zero-order chi connectivity index (χ0) is 15.5. The van der Waals surface area contributed by atoms with Gasteiger partial charge in [0.25, 0.3) is 0 Å². The van der Waals surface area contributed by atoms with E-state index in [2.05, 4.69) is 15.9 Å². The van der Waals surface area contributed by atoms with E-state index in [0.717, 1.165) is 12.1 Å². The second-order valence-electron chi connectivity index (χ2n) is 3.75. The molecule has 1 aromatic carbocycles. The first-order valence-electron chi connectivity index (χ1n) is 5.24. The quantitative estimate of drug-likeness (QED) is 0.776. The molecule has 1 aromatic rings. The van der Waals surface area contributed by atoms with Crippen LogP contribution in [0.15, 0.2) is 22.7 Å². The fourth-order valence-electron chi connectivity index (χ4n) is 1.22. The summed E-state index contributed by atoms with van der Waals surface area (Å²) in [5, 5.41) is 2.80. The number of imide groups is 1. The third-order valence-electron chi connectivity index (χ3n) is 2.13. The standard InChI is InChI=1S/C11H9BrClF3N2O2/c1-5(13)9(19)18-10(20)17-8-3-2-6(12)4-7(8)11(14,15)16/h2-5H,1H3,(H2,17,18,19,20). The number of carbonyl (C=O) groups is 2. The molecule has 0 saturated carbocycles. The van der Waals surface area contributed by atoms with E-state index in [9.17, 15) is 22.8 Å². The molecule has 110 valence electrons. The van der Waals surface area contributed by atoms with Gasteiger partial charge in [-0.15, -0.1) is 11.6 Å². The van der Waals surface area contributed by atoms with Crippen molar-refractivity contribution >= 4 is 45.2 Å². The number of alkyl halides is 4. The lowest BCUT2D eigenvalue weighted by molar-refractivity contribution is -0.137. The summed E-state index contributed by atoms with van der Waals surface area (Å²) in [6.07, 6.45) is -4.64. The number of rotatable bonds is 2. The summed E-state index contributed by atoms with van der Waals surface area (Å²) in [4.78, 5) is 22.6. The maximum Gasteiger partial charge on any atom is 0.418 e. The van der Waals surface area contributed by atoms with Gasteiger partial charge in [0.1, 0.15) is 5.38 Å². The summed E-state index contributed by atoms with van der Waals surface area (Å²) in [6.45, 7) is 1.32. The van der Waals surface area contributed by atoms with Gasteiger partial charge in [-0.1, -0.05) is 15.9 Å². The summed E-state index contributed by atoms with van der Waals surface area (Å²) < 4.78 is 38.6. The van der Waals surface area contributed by atoms with Crippen LogP contribution in [0, 0.1) is 0 Å². The highest BCUT2D eigenvalue weighted by atomic mass is 79.9. The molecule has 0 aliphatic rings. The molecule has 0 aliphatic heterocycles. The molecule has 0 aromatic heterocycles. The molecule has 2 N–H and O–H groups in total. The Morgan fingerprint density at radius 1 is 1.35 bits per heavy atom. The third-order valence-corrected chi connectivity index (χ3v) is 2.82. The minimum atomic E-state index is -4.64. The summed E-state index contributed by atoms with van der Waals surface area (Å²) in [5.74, 6) is -0.810. The summed E-state index contributed by atoms with van der Waals surface area (Å²) in [7, 11) is 0. The minimum absolute atomic E-state index is 0.209. The Bertz CT molecular complexity index is 535. The van der Waals surface area contributed by atoms with E-state index in [1.807, 2.05) is 10.6 Å². The number of benzene rings is 1. The summed E-state index contributed by atoms with van der Waals surface area (Å²) in [6, 6.07) is 2.13. The molecule has 0 aliphatic carbocycles. The SMILES string of the molecule is CC(Cl)C(=O)NC(=O)Nc1ccc(Br)cc1C(F)(F)F. The van der Waals surface area contributed by atoms with Crippen LogP contribution in [0.25, 0.3) is 0 Å². The van der Waals surface area contributed by atoms with Crippen molar-refractivity contribution in [2.45, 2.75) is 18.5 Å². The van der Waals surface area contributed by atoms with Gasteiger partial charge in [0, 0.05) is 4.47 Å². The van der Waals surface area contributed by atoms with Crippen molar-refractivity contribution in [1.29, 1.82) is 0 Å². The van der Waals surface area contributed by atoms with Crippen molar-refractivity contribution in [2.75, 3.05) is 5.32 Å². The van der Waals surface area contributed by atoms with Gasteiger partial charge in [0.05, 0.1) is 11.3 Å². The molecular formula is C11H9BrClF3N2O2. The summed E-state index contributed by atoms with van der Waals surface area (Å²) in [5.41, 5.74) is -1.50. The molecule has 0 spiro atoms. The maximum absolute atomic E-state index is 12.8. The monoisotopic (exact) mass is 372 g/mol. The number of anilines is 1. The van der Waals surface area contributed by atoms with Crippen LogP contribution in [-0.2, 0) is 11.0 Å². The highest BCUT2D eigenvalue weighted by Crippen LogP contribution is 2.36. The van der Waals surface area contributed by atoms with Crippen LogP contribution in [-0.4, -0.2) is 17.3 Å². The van der Waals surface area contributed by atoms with Crippen LogP contribution in [0.5, 0.6) is 0 Å². The lowest BCUT2D eigenvalue weighted by Crippen LogP contribution is -2.38. The van der Waals surface area contributed by atoms with Crippen molar-refractivity contribution in [2.24, 2.45) is 0 Å². The van der Waals surface area contributed by atoms with Crippen molar-refractivity contribution < 1.29 is 22.8 Å². The Balaban J connectivity index is 2.93. The number of hydrogen-bond acceptors (Lipinski definition) is 2. The molecule has 9 heteroatoms. The van der Waals surface area contributed by atoms with Crippen LogP contribution in [0.4, 0.5) is 23.7 Å². The first-order chi connectivity index (χ1) is 9.11. The Morgan fingerprint density at radius 2 is 1.95 bits per heavy atom. The van der Waals surface area contributed by atoms with Gasteiger partial charge < -0.3 is 5.32 Å². The Hall–Kier alpha value is -1.28. The van der Waals surface area contributed by atoms with Crippen LogP contribution < -0.4 is 10.6 Å². The van der Waals surface area contributed by atoms with Gasteiger partial charge in [-0.3, -0.25) is 10.1 Å². The third kappa shape index (κ3) is 4.68. The molecule has 0 saturated heterocycles. The molecule has 0 bridgehead atoms. The minimum Gasteiger partial charge on any atom is -0.307 e. The van der Waals surface area contributed by atoms with Crippen LogP contribution in [0.2, 0.25) is 0 Å². The maximum atomic E-state index is 12.8. The van der Waals surface area contributed by atoms with Gasteiger partial charge in [-0.05, 0) is 25.1 Å². The first kappa shape index (κ1) is 16.8. The zero-order valence-corrected chi connectivity index (χ0v) is 12.4. The van der Waals surface area contributed by atoms with E-state index in [-0.39, 0.29) is 4.47 Å². The second kappa shape index (κ2) is 6.45.